The van der Waals surface area contributed by atoms with Crippen LogP contribution < -0.4 is 10.0 Å². The first kappa shape index (κ1) is 14.7. The summed E-state index contributed by atoms with van der Waals surface area (Å²) in [6, 6.07) is 2.34. The molecule has 1 saturated carbocycles. The zero-order valence-corrected chi connectivity index (χ0v) is 12.1. The van der Waals surface area contributed by atoms with E-state index in [4.69, 9.17) is 11.6 Å². The summed E-state index contributed by atoms with van der Waals surface area (Å²) in [5.74, 6) is -0.719. The van der Waals surface area contributed by atoms with Crippen molar-refractivity contribution in [1.82, 2.24) is 10.0 Å². The average Bonchev–Trinajstić information content (AvgIpc) is 2.30. The SMILES string of the molecule is CNCc1cc(S(=O)(=O)NC2CCC2)cc(F)c1Cl. The predicted molar refractivity (Wildman–Crippen MR) is 72.1 cm³/mol. The van der Waals surface area contributed by atoms with Gasteiger partial charge in [0.05, 0.1) is 9.92 Å². The van der Waals surface area contributed by atoms with Gasteiger partial charge in [-0.3, -0.25) is 0 Å². The molecule has 1 aliphatic carbocycles. The fourth-order valence-electron chi connectivity index (χ4n) is 1.91. The van der Waals surface area contributed by atoms with E-state index in [9.17, 15) is 12.8 Å². The average molecular weight is 307 g/mol. The fourth-order valence-corrected chi connectivity index (χ4v) is 3.45. The van der Waals surface area contributed by atoms with Crippen molar-refractivity contribution < 1.29 is 12.8 Å². The van der Waals surface area contributed by atoms with Crippen molar-refractivity contribution in [2.45, 2.75) is 36.7 Å². The lowest BCUT2D eigenvalue weighted by Gasteiger charge is -2.26. The van der Waals surface area contributed by atoms with E-state index in [-0.39, 0.29) is 16.0 Å². The van der Waals surface area contributed by atoms with Crippen molar-refractivity contribution in [3.8, 4) is 0 Å². The third-order valence-corrected chi connectivity index (χ3v) is 5.10. The van der Waals surface area contributed by atoms with Gasteiger partial charge >= 0.3 is 0 Å². The van der Waals surface area contributed by atoms with Gasteiger partial charge in [-0.1, -0.05) is 18.0 Å². The predicted octanol–water partition coefficient (Wildman–Crippen LogP) is 2.03. The van der Waals surface area contributed by atoms with Gasteiger partial charge < -0.3 is 5.32 Å². The van der Waals surface area contributed by atoms with Crippen LogP contribution in [0.5, 0.6) is 0 Å². The van der Waals surface area contributed by atoms with Gasteiger partial charge in [0.2, 0.25) is 10.0 Å². The van der Waals surface area contributed by atoms with Crippen LogP contribution in [0.1, 0.15) is 24.8 Å². The topological polar surface area (TPSA) is 58.2 Å². The molecule has 19 heavy (non-hydrogen) atoms. The molecule has 0 radical (unpaired) electrons. The molecule has 0 saturated heterocycles. The van der Waals surface area contributed by atoms with Crippen LogP contribution in [0.15, 0.2) is 17.0 Å². The van der Waals surface area contributed by atoms with Gasteiger partial charge in [-0.2, -0.15) is 0 Å². The van der Waals surface area contributed by atoms with Crippen molar-refractivity contribution in [3.63, 3.8) is 0 Å². The highest BCUT2D eigenvalue weighted by Gasteiger charge is 2.26. The van der Waals surface area contributed by atoms with E-state index in [1.807, 2.05) is 0 Å². The summed E-state index contributed by atoms with van der Waals surface area (Å²) in [6.07, 6.45) is 2.69. The lowest BCUT2D eigenvalue weighted by molar-refractivity contribution is 0.383. The largest absolute Gasteiger partial charge is 0.316 e. The molecule has 4 nitrogen and oxygen atoms in total. The molecule has 1 fully saturated rings. The Bertz CT molecular complexity index is 573. The molecule has 0 unspecified atom stereocenters. The quantitative estimate of drug-likeness (QED) is 0.875. The Kier molecular flexibility index (Phi) is 4.45. The van der Waals surface area contributed by atoms with E-state index in [2.05, 4.69) is 10.0 Å². The maximum Gasteiger partial charge on any atom is 0.240 e. The Labute approximate surface area is 117 Å². The fraction of sp³-hybridized carbons (Fsp3) is 0.500. The first-order chi connectivity index (χ1) is 8.94. The highest BCUT2D eigenvalue weighted by atomic mass is 35.5. The maximum atomic E-state index is 13.7. The van der Waals surface area contributed by atoms with Gasteiger partial charge in [-0.05, 0) is 37.6 Å². The number of rotatable bonds is 5. The standard InChI is InChI=1S/C12H16ClFN2O2S/c1-15-7-8-5-10(6-11(14)12(8)13)19(17,18)16-9-3-2-4-9/h5-6,9,15-16H,2-4,7H2,1H3. The van der Waals surface area contributed by atoms with Crippen molar-refractivity contribution in [2.24, 2.45) is 0 Å². The van der Waals surface area contributed by atoms with E-state index in [0.717, 1.165) is 25.3 Å². The summed E-state index contributed by atoms with van der Waals surface area (Å²) in [6.45, 7) is 0.308. The number of hydrogen-bond donors (Lipinski definition) is 2. The number of nitrogens with one attached hydrogen (secondary N) is 2. The van der Waals surface area contributed by atoms with Gasteiger partial charge in [0, 0.05) is 12.6 Å². The van der Waals surface area contributed by atoms with Crippen molar-refractivity contribution in [1.29, 1.82) is 0 Å². The second-order valence-corrected chi connectivity index (χ2v) is 6.75. The van der Waals surface area contributed by atoms with Gasteiger partial charge in [0.1, 0.15) is 5.82 Å². The highest BCUT2D eigenvalue weighted by Crippen LogP contribution is 2.26. The van der Waals surface area contributed by atoms with E-state index in [1.54, 1.807) is 7.05 Å². The maximum absolute atomic E-state index is 13.7. The molecule has 7 heteroatoms. The minimum absolute atomic E-state index is 0.0310. The molecule has 106 valence electrons. The molecule has 0 heterocycles. The Morgan fingerprint density at radius 1 is 1.42 bits per heavy atom. The van der Waals surface area contributed by atoms with Crippen molar-refractivity contribution in [3.05, 3.63) is 28.5 Å². The third kappa shape index (κ3) is 3.25. The molecule has 0 amide bonds. The number of halogens is 2. The van der Waals surface area contributed by atoms with E-state index in [0.29, 0.717) is 12.1 Å². The van der Waals surface area contributed by atoms with Crippen molar-refractivity contribution >= 4 is 21.6 Å². The van der Waals surface area contributed by atoms with Crippen LogP contribution in [0.4, 0.5) is 4.39 Å². The van der Waals surface area contributed by atoms with Crippen LogP contribution >= 0.6 is 11.6 Å². The van der Waals surface area contributed by atoms with Crippen molar-refractivity contribution in [2.75, 3.05) is 7.05 Å². The zero-order valence-electron chi connectivity index (χ0n) is 10.5. The highest BCUT2D eigenvalue weighted by molar-refractivity contribution is 7.89. The Morgan fingerprint density at radius 3 is 2.63 bits per heavy atom. The summed E-state index contributed by atoms with van der Waals surface area (Å²) in [7, 11) is -1.99. The van der Waals surface area contributed by atoms with E-state index < -0.39 is 15.8 Å². The lowest BCUT2D eigenvalue weighted by atomic mass is 9.94. The smallest absolute Gasteiger partial charge is 0.240 e. The summed E-state index contributed by atoms with van der Waals surface area (Å²) < 4.78 is 40.5. The van der Waals surface area contributed by atoms with Gasteiger partial charge in [-0.15, -0.1) is 0 Å². The van der Waals surface area contributed by atoms with Gasteiger partial charge in [0.15, 0.2) is 0 Å². The molecule has 0 aromatic heterocycles. The second-order valence-electron chi connectivity index (χ2n) is 4.66. The molecule has 0 aliphatic heterocycles. The number of hydrogen-bond acceptors (Lipinski definition) is 3. The molecule has 1 aromatic carbocycles. The van der Waals surface area contributed by atoms with E-state index in [1.165, 1.54) is 6.07 Å². The molecule has 0 bridgehead atoms. The first-order valence-corrected chi connectivity index (χ1v) is 7.95. The molecule has 0 spiro atoms. The summed E-state index contributed by atoms with van der Waals surface area (Å²) in [5, 5.41) is 2.78. The normalized spacial score (nSPS) is 16.4. The number of benzene rings is 1. The molecular weight excluding hydrogens is 291 g/mol. The molecule has 0 atom stereocenters. The van der Waals surface area contributed by atoms with E-state index >= 15 is 0 Å². The molecular formula is C12H16ClFN2O2S. The molecule has 2 N–H and O–H groups in total. The van der Waals surface area contributed by atoms with Gasteiger partial charge in [0.25, 0.3) is 0 Å². The third-order valence-electron chi connectivity index (χ3n) is 3.18. The monoisotopic (exact) mass is 306 g/mol. The minimum atomic E-state index is -3.68. The lowest BCUT2D eigenvalue weighted by Crippen LogP contribution is -2.39. The Morgan fingerprint density at radius 2 is 2.11 bits per heavy atom. The summed E-state index contributed by atoms with van der Waals surface area (Å²) in [4.78, 5) is -0.0773. The first-order valence-electron chi connectivity index (χ1n) is 6.09. The summed E-state index contributed by atoms with van der Waals surface area (Å²) >= 11 is 5.81. The molecule has 1 aromatic rings. The van der Waals surface area contributed by atoms with Crippen LogP contribution in [-0.2, 0) is 16.6 Å². The Balaban J connectivity index is 2.32. The number of sulfonamides is 1. The second kappa shape index (κ2) is 5.75. The zero-order chi connectivity index (χ0) is 14.0. The molecule has 2 rings (SSSR count). The van der Waals surface area contributed by atoms with Crippen LogP contribution in [0.2, 0.25) is 5.02 Å². The molecule has 1 aliphatic rings. The van der Waals surface area contributed by atoms with Gasteiger partial charge in [-0.25, -0.2) is 17.5 Å². The van der Waals surface area contributed by atoms with Crippen LogP contribution in [-0.4, -0.2) is 21.5 Å². The minimum Gasteiger partial charge on any atom is -0.316 e. The van der Waals surface area contributed by atoms with Crippen LogP contribution in [0.3, 0.4) is 0 Å². The van der Waals surface area contributed by atoms with Crippen LogP contribution in [0, 0.1) is 5.82 Å². The summed E-state index contributed by atoms with van der Waals surface area (Å²) in [5.41, 5.74) is 0.429. The van der Waals surface area contributed by atoms with Crippen LogP contribution in [0.25, 0.3) is 0 Å². The Hall–Kier alpha value is -0.690.